The van der Waals surface area contributed by atoms with Gasteiger partial charge in [-0.15, -0.1) is 0 Å². The number of halogens is 1. The molecule has 1 N–H and O–H groups in total. The molecule has 5 rings (SSSR count). The number of hydrogen-bond donors (Lipinski definition) is 1. The van der Waals surface area contributed by atoms with Crippen LogP contribution in [0.2, 0.25) is 5.02 Å². The van der Waals surface area contributed by atoms with Gasteiger partial charge in [0.2, 0.25) is 0 Å². The summed E-state index contributed by atoms with van der Waals surface area (Å²) in [6.07, 6.45) is 3.18. The fourth-order valence-electron chi connectivity index (χ4n) is 6.77. The Labute approximate surface area is 254 Å². The molecule has 0 atom stereocenters. The van der Waals surface area contributed by atoms with Crippen molar-refractivity contribution in [3.05, 3.63) is 81.2 Å². The van der Waals surface area contributed by atoms with E-state index in [1.807, 2.05) is 31.2 Å². The van der Waals surface area contributed by atoms with Gasteiger partial charge in [-0.05, 0) is 66.8 Å². The molecule has 0 aromatic heterocycles. The molecule has 2 aromatic rings. The van der Waals surface area contributed by atoms with Crippen LogP contribution in [-0.2, 0) is 14.4 Å². The molecule has 1 aliphatic heterocycles. The number of carbonyl (C=O) groups is 3. The van der Waals surface area contributed by atoms with E-state index in [-0.39, 0.29) is 34.9 Å². The molecule has 222 valence electrons. The van der Waals surface area contributed by atoms with Gasteiger partial charge in [0, 0.05) is 64.1 Å². The number of nitrogens with zero attached hydrogens (tertiary/aromatic N) is 1. The molecule has 7 heteroatoms. The molecule has 2 aliphatic carbocycles. The van der Waals surface area contributed by atoms with Gasteiger partial charge in [0.1, 0.15) is 5.75 Å². The van der Waals surface area contributed by atoms with Crippen LogP contribution in [0.1, 0.15) is 83.8 Å². The third-order valence-electron chi connectivity index (χ3n) is 8.53. The van der Waals surface area contributed by atoms with Gasteiger partial charge in [0.25, 0.3) is 5.91 Å². The lowest BCUT2D eigenvalue weighted by molar-refractivity contribution is -0.120. The van der Waals surface area contributed by atoms with E-state index in [2.05, 4.69) is 44.8 Å². The summed E-state index contributed by atoms with van der Waals surface area (Å²) in [5.41, 5.74) is 5.31. The van der Waals surface area contributed by atoms with Gasteiger partial charge in [0.15, 0.2) is 18.2 Å². The van der Waals surface area contributed by atoms with E-state index in [9.17, 15) is 14.4 Å². The van der Waals surface area contributed by atoms with Crippen LogP contribution >= 0.6 is 11.6 Å². The third-order valence-corrected chi connectivity index (χ3v) is 8.76. The summed E-state index contributed by atoms with van der Waals surface area (Å²) in [6, 6.07) is 12.8. The number of ether oxygens (including phenoxy) is 1. The first-order valence-corrected chi connectivity index (χ1v) is 15.3. The molecule has 42 heavy (non-hydrogen) atoms. The molecule has 0 spiro atoms. The molecule has 0 bridgehead atoms. The number of Topliss-reactive ketones (excluding diaryl/α,β-unsaturated/α-hetero) is 2. The predicted molar refractivity (Wildman–Crippen MR) is 167 cm³/mol. The number of para-hydroxylation sites is 1. The lowest BCUT2D eigenvalue weighted by atomic mass is 9.63. The van der Waals surface area contributed by atoms with E-state index in [1.165, 1.54) is 0 Å². The standard InChI is InChI=1S/C35H41ClN2O4/c1-7-14-38-25-16-34(3,4)18-27(39)32(25)31(33-26(38)17-35(5,6)19-28(33)40)23-15-22(36)12-13-29(23)42-20-30(41)37-24-11-9-8-10-21(24)2/h8-13,15,31H,7,14,16-20H2,1-6H3,(H,37,41). The normalized spacial score (nSPS) is 19.9. The Hall–Kier alpha value is -3.38. The molecule has 1 heterocycles. The van der Waals surface area contributed by atoms with Crippen molar-refractivity contribution < 1.29 is 19.1 Å². The van der Waals surface area contributed by atoms with E-state index >= 15 is 0 Å². The molecule has 3 aliphatic rings. The van der Waals surface area contributed by atoms with Crippen molar-refractivity contribution in [3.63, 3.8) is 0 Å². The summed E-state index contributed by atoms with van der Waals surface area (Å²) in [5, 5.41) is 3.39. The number of rotatable bonds is 7. The molecule has 0 radical (unpaired) electrons. The Balaban J connectivity index is 1.61. The lowest BCUT2D eigenvalue weighted by Crippen LogP contribution is -2.44. The van der Waals surface area contributed by atoms with Crippen LogP contribution < -0.4 is 10.1 Å². The lowest BCUT2D eigenvalue weighted by Gasteiger charge is -2.49. The van der Waals surface area contributed by atoms with Crippen molar-refractivity contribution in [2.24, 2.45) is 10.8 Å². The summed E-state index contributed by atoms with van der Waals surface area (Å²) >= 11 is 6.57. The molecular formula is C35H41ClN2O4. The van der Waals surface area contributed by atoms with Gasteiger partial charge < -0.3 is 15.0 Å². The molecule has 0 saturated carbocycles. The number of allylic oxidation sites excluding steroid dienone is 4. The summed E-state index contributed by atoms with van der Waals surface area (Å²) in [6.45, 7) is 13.1. The van der Waals surface area contributed by atoms with Crippen molar-refractivity contribution in [1.29, 1.82) is 0 Å². The fourth-order valence-corrected chi connectivity index (χ4v) is 6.95. The SMILES string of the molecule is CCCN1C2=C(C(=O)CC(C)(C)C2)C(c2cc(Cl)ccc2OCC(=O)Nc2ccccc2C)C2=C1CC(C)(C)CC2=O. The van der Waals surface area contributed by atoms with E-state index in [1.54, 1.807) is 18.2 Å². The molecular weight excluding hydrogens is 548 g/mol. The monoisotopic (exact) mass is 588 g/mol. The average Bonchev–Trinajstić information content (AvgIpc) is 2.88. The van der Waals surface area contributed by atoms with Crippen LogP contribution in [0.25, 0.3) is 0 Å². The van der Waals surface area contributed by atoms with Gasteiger partial charge in [0.05, 0.1) is 0 Å². The average molecular weight is 589 g/mol. The zero-order valence-corrected chi connectivity index (χ0v) is 26.3. The zero-order valence-electron chi connectivity index (χ0n) is 25.5. The van der Waals surface area contributed by atoms with Crippen LogP contribution in [0.15, 0.2) is 65.0 Å². The molecule has 0 saturated heterocycles. The largest absolute Gasteiger partial charge is 0.483 e. The van der Waals surface area contributed by atoms with Gasteiger partial charge in [-0.1, -0.05) is 64.4 Å². The smallest absolute Gasteiger partial charge is 0.262 e. The minimum atomic E-state index is -0.594. The topological polar surface area (TPSA) is 75.7 Å². The predicted octanol–water partition coefficient (Wildman–Crippen LogP) is 7.76. The first-order chi connectivity index (χ1) is 19.8. The van der Waals surface area contributed by atoms with Crippen molar-refractivity contribution >= 4 is 34.8 Å². The quantitative estimate of drug-likeness (QED) is 0.358. The van der Waals surface area contributed by atoms with E-state index in [4.69, 9.17) is 16.3 Å². The number of benzene rings is 2. The molecule has 0 unspecified atom stereocenters. The number of carbonyl (C=O) groups excluding carboxylic acids is 3. The first-order valence-electron chi connectivity index (χ1n) is 14.9. The second-order valence-corrected chi connectivity index (χ2v) is 14.0. The zero-order chi connectivity index (χ0) is 30.4. The second-order valence-electron chi connectivity index (χ2n) is 13.5. The van der Waals surface area contributed by atoms with Crippen molar-refractivity contribution in [1.82, 2.24) is 4.90 Å². The number of amides is 1. The minimum Gasteiger partial charge on any atom is -0.483 e. The Bertz CT molecular complexity index is 1460. The van der Waals surface area contributed by atoms with Gasteiger partial charge in [-0.2, -0.15) is 0 Å². The van der Waals surface area contributed by atoms with Gasteiger partial charge in [-0.3, -0.25) is 14.4 Å². The number of aryl methyl sites for hydroxylation is 1. The highest BCUT2D eigenvalue weighted by molar-refractivity contribution is 6.30. The highest BCUT2D eigenvalue weighted by Gasteiger charge is 2.49. The van der Waals surface area contributed by atoms with Crippen LogP contribution in [0, 0.1) is 17.8 Å². The Morgan fingerprint density at radius 3 is 2.12 bits per heavy atom. The highest BCUT2D eigenvalue weighted by Crippen LogP contribution is 2.55. The second kappa shape index (κ2) is 11.4. The fraction of sp³-hybridized carbons (Fsp3) is 0.457. The van der Waals surface area contributed by atoms with Crippen LogP contribution in [0.5, 0.6) is 5.75 Å². The summed E-state index contributed by atoms with van der Waals surface area (Å²) in [7, 11) is 0. The number of anilines is 1. The summed E-state index contributed by atoms with van der Waals surface area (Å²) < 4.78 is 6.15. The molecule has 6 nitrogen and oxygen atoms in total. The molecule has 2 aromatic carbocycles. The van der Waals surface area contributed by atoms with Crippen molar-refractivity contribution in [2.75, 3.05) is 18.5 Å². The van der Waals surface area contributed by atoms with E-state index in [0.717, 1.165) is 48.5 Å². The summed E-state index contributed by atoms with van der Waals surface area (Å²) in [4.78, 5) is 43.2. The number of nitrogens with one attached hydrogen (secondary N) is 1. The molecule has 0 fully saturated rings. The number of hydrogen-bond acceptors (Lipinski definition) is 5. The maximum atomic E-state index is 14.0. The van der Waals surface area contributed by atoms with Crippen LogP contribution in [0.4, 0.5) is 5.69 Å². The Morgan fingerprint density at radius 1 is 0.952 bits per heavy atom. The van der Waals surface area contributed by atoms with Gasteiger partial charge in [-0.25, -0.2) is 0 Å². The first kappa shape index (κ1) is 30.1. The molecule has 1 amide bonds. The maximum absolute atomic E-state index is 14.0. The van der Waals surface area contributed by atoms with E-state index < -0.39 is 5.92 Å². The van der Waals surface area contributed by atoms with Crippen LogP contribution in [-0.4, -0.2) is 35.5 Å². The minimum absolute atomic E-state index is 0.0553. The Morgan fingerprint density at radius 2 is 1.55 bits per heavy atom. The van der Waals surface area contributed by atoms with Crippen molar-refractivity contribution in [2.45, 2.75) is 79.6 Å². The Kier molecular flexibility index (Phi) is 8.14. The van der Waals surface area contributed by atoms with Crippen molar-refractivity contribution in [3.8, 4) is 5.75 Å². The van der Waals surface area contributed by atoms with E-state index in [0.29, 0.717) is 40.3 Å². The van der Waals surface area contributed by atoms with Gasteiger partial charge >= 0.3 is 0 Å². The highest BCUT2D eigenvalue weighted by atomic mass is 35.5. The number of ketones is 2. The third kappa shape index (κ3) is 5.92. The van der Waals surface area contributed by atoms with Crippen LogP contribution in [0.3, 0.4) is 0 Å². The summed E-state index contributed by atoms with van der Waals surface area (Å²) in [5.74, 6) is -0.334. The maximum Gasteiger partial charge on any atom is 0.262 e.